The molecule has 3 rings (SSSR count). The van der Waals surface area contributed by atoms with Crippen LogP contribution in [0, 0.1) is 5.92 Å². The Morgan fingerprint density at radius 3 is 2.83 bits per heavy atom. The van der Waals surface area contributed by atoms with Crippen LogP contribution in [0.2, 0.25) is 0 Å². The van der Waals surface area contributed by atoms with Crippen LogP contribution in [0.25, 0.3) is 0 Å². The van der Waals surface area contributed by atoms with E-state index in [0.29, 0.717) is 11.8 Å². The average Bonchev–Trinajstić information content (AvgIpc) is 3.10. The van der Waals surface area contributed by atoms with Crippen LogP contribution < -0.4 is 5.32 Å². The van der Waals surface area contributed by atoms with Crippen molar-refractivity contribution in [3.8, 4) is 0 Å². The van der Waals surface area contributed by atoms with Crippen LogP contribution in [0.4, 0.5) is 0 Å². The molecule has 1 aromatic rings. The fourth-order valence-corrected chi connectivity index (χ4v) is 4.09. The van der Waals surface area contributed by atoms with Gasteiger partial charge in [0.05, 0.1) is 0 Å². The molecule has 0 aromatic carbocycles. The third kappa shape index (κ3) is 3.72. The summed E-state index contributed by atoms with van der Waals surface area (Å²) in [6, 6.07) is 1.92. The second-order valence-electron chi connectivity index (χ2n) is 6.78. The molecule has 0 aliphatic carbocycles. The first kappa shape index (κ1) is 18.3. The van der Waals surface area contributed by atoms with Gasteiger partial charge in [0.15, 0.2) is 0 Å². The summed E-state index contributed by atoms with van der Waals surface area (Å²) in [7, 11) is 0. The van der Waals surface area contributed by atoms with E-state index >= 15 is 0 Å². The highest BCUT2D eigenvalue weighted by molar-refractivity contribution is 5.85. The summed E-state index contributed by atoms with van der Waals surface area (Å²) >= 11 is 0. The van der Waals surface area contributed by atoms with Crippen LogP contribution in [-0.4, -0.2) is 46.8 Å². The summed E-state index contributed by atoms with van der Waals surface area (Å²) in [6.45, 7) is 5.85. The lowest BCUT2D eigenvalue weighted by Gasteiger charge is -2.42. The maximum absolute atomic E-state index is 13.4. The predicted octanol–water partition coefficient (Wildman–Crippen LogP) is 2.42. The fourth-order valence-electron chi connectivity index (χ4n) is 4.09. The number of nitrogens with zero attached hydrogens (tertiary/aromatic N) is 3. The van der Waals surface area contributed by atoms with Gasteiger partial charge in [-0.2, -0.15) is 5.10 Å². The summed E-state index contributed by atoms with van der Waals surface area (Å²) in [5.41, 5.74) is -0.469. The van der Waals surface area contributed by atoms with Gasteiger partial charge in [0.2, 0.25) is 0 Å². The minimum absolute atomic E-state index is 0. The molecule has 1 aromatic heterocycles. The van der Waals surface area contributed by atoms with Gasteiger partial charge in [-0.3, -0.25) is 9.48 Å². The molecule has 5 nitrogen and oxygen atoms in total. The van der Waals surface area contributed by atoms with Gasteiger partial charge in [-0.25, -0.2) is 0 Å². The van der Waals surface area contributed by atoms with Gasteiger partial charge in [0, 0.05) is 25.5 Å². The van der Waals surface area contributed by atoms with Crippen molar-refractivity contribution in [2.45, 2.75) is 51.0 Å². The highest BCUT2D eigenvalue weighted by Gasteiger charge is 2.45. The van der Waals surface area contributed by atoms with E-state index in [1.807, 2.05) is 16.9 Å². The normalized spacial score (nSPS) is 24.0. The maximum Gasteiger partial charge on any atom is 0.250 e. The van der Waals surface area contributed by atoms with Crippen molar-refractivity contribution in [1.29, 1.82) is 0 Å². The van der Waals surface area contributed by atoms with Crippen molar-refractivity contribution in [3.05, 3.63) is 18.5 Å². The van der Waals surface area contributed by atoms with Crippen molar-refractivity contribution >= 4 is 18.3 Å². The molecule has 1 amide bonds. The Bertz CT molecular complexity index is 483. The maximum atomic E-state index is 13.4. The predicted molar refractivity (Wildman–Crippen MR) is 93.8 cm³/mol. The van der Waals surface area contributed by atoms with E-state index < -0.39 is 5.54 Å². The molecule has 23 heavy (non-hydrogen) atoms. The Labute approximate surface area is 145 Å². The molecule has 0 spiro atoms. The molecule has 0 radical (unpaired) electrons. The summed E-state index contributed by atoms with van der Waals surface area (Å²) in [6.07, 6.45) is 10.3. The zero-order valence-corrected chi connectivity index (χ0v) is 14.9. The van der Waals surface area contributed by atoms with Gasteiger partial charge in [-0.05, 0) is 57.2 Å². The van der Waals surface area contributed by atoms with Gasteiger partial charge >= 0.3 is 0 Å². The number of rotatable bonds is 4. The van der Waals surface area contributed by atoms with Gasteiger partial charge in [0.25, 0.3) is 5.91 Å². The minimum Gasteiger partial charge on any atom is -0.340 e. The molecule has 130 valence electrons. The molecule has 0 bridgehead atoms. The molecule has 1 unspecified atom stereocenters. The number of nitrogens with one attached hydrogen (secondary N) is 1. The zero-order valence-electron chi connectivity index (χ0n) is 14.0. The molecule has 6 heteroatoms. The molecular weight excluding hydrogens is 312 g/mol. The van der Waals surface area contributed by atoms with Crippen molar-refractivity contribution < 1.29 is 4.79 Å². The second-order valence-corrected chi connectivity index (χ2v) is 6.78. The van der Waals surface area contributed by atoms with E-state index in [1.165, 1.54) is 19.3 Å². The van der Waals surface area contributed by atoms with E-state index in [4.69, 9.17) is 0 Å². The zero-order chi connectivity index (χ0) is 15.4. The van der Waals surface area contributed by atoms with Crippen molar-refractivity contribution in [2.24, 2.45) is 5.92 Å². The average molecular weight is 341 g/mol. The number of carbonyl (C=O) groups excluding carboxylic acids is 1. The first-order valence-corrected chi connectivity index (χ1v) is 8.76. The lowest BCUT2D eigenvalue weighted by molar-refractivity contribution is -0.145. The molecular formula is C17H29ClN4O. The van der Waals surface area contributed by atoms with Crippen LogP contribution in [0.1, 0.15) is 45.4 Å². The number of hydrogen-bond acceptors (Lipinski definition) is 3. The molecule has 1 N–H and O–H groups in total. The largest absolute Gasteiger partial charge is 0.340 e. The summed E-state index contributed by atoms with van der Waals surface area (Å²) in [4.78, 5) is 15.5. The Morgan fingerprint density at radius 2 is 2.17 bits per heavy atom. The highest BCUT2D eigenvalue weighted by atomic mass is 35.5. The van der Waals surface area contributed by atoms with Crippen LogP contribution in [-0.2, 0) is 10.3 Å². The van der Waals surface area contributed by atoms with E-state index in [-0.39, 0.29) is 12.4 Å². The topological polar surface area (TPSA) is 50.2 Å². The van der Waals surface area contributed by atoms with Gasteiger partial charge in [-0.1, -0.05) is 13.3 Å². The molecule has 2 aliphatic rings. The van der Waals surface area contributed by atoms with Crippen LogP contribution in [0.5, 0.6) is 0 Å². The Kier molecular flexibility index (Phi) is 6.48. The number of amides is 1. The number of aromatic nitrogens is 2. The molecule has 3 heterocycles. The molecule has 0 saturated carbocycles. The summed E-state index contributed by atoms with van der Waals surface area (Å²) < 4.78 is 1.92. The Morgan fingerprint density at radius 1 is 1.39 bits per heavy atom. The van der Waals surface area contributed by atoms with Gasteiger partial charge < -0.3 is 10.2 Å². The van der Waals surface area contributed by atoms with E-state index in [0.717, 1.165) is 45.4 Å². The van der Waals surface area contributed by atoms with E-state index in [1.54, 1.807) is 6.20 Å². The molecule has 2 fully saturated rings. The smallest absolute Gasteiger partial charge is 0.250 e. The lowest BCUT2D eigenvalue weighted by atomic mass is 9.85. The van der Waals surface area contributed by atoms with Crippen molar-refractivity contribution in [2.75, 3.05) is 26.2 Å². The monoisotopic (exact) mass is 340 g/mol. The van der Waals surface area contributed by atoms with Crippen LogP contribution in [0.15, 0.2) is 18.5 Å². The van der Waals surface area contributed by atoms with Crippen molar-refractivity contribution in [3.63, 3.8) is 0 Å². The lowest BCUT2D eigenvalue weighted by Crippen LogP contribution is -2.57. The molecule has 2 aliphatic heterocycles. The number of piperidine rings is 2. The van der Waals surface area contributed by atoms with E-state index in [2.05, 4.69) is 22.2 Å². The van der Waals surface area contributed by atoms with Crippen LogP contribution in [0.3, 0.4) is 0 Å². The standard InChI is InChI=1S/C17H28N4O.ClH/c1-2-5-15-6-3-12-20(14-15)16(22)17(7-10-18-11-8-17)21-13-4-9-19-21;/h4,9,13,15,18H,2-3,5-8,10-12,14H2,1H3;1H. The SMILES string of the molecule is CCCC1CCCN(C(=O)C2(n3cccn3)CCNCC2)C1.Cl. The molecule has 2 saturated heterocycles. The first-order valence-electron chi connectivity index (χ1n) is 8.76. The van der Waals surface area contributed by atoms with E-state index in [9.17, 15) is 4.79 Å². The van der Waals surface area contributed by atoms with Gasteiger partial charge in [0.1, 0.15) is 5.54 Å². The number of hydrogen-bond donors (Lipinski definition) is 1. The van der Waals surface area contributed by atoms with Crippen LogP contribution >= 0.6 is 12.4 Å². The van der Waals surface area contributed by atoms with Gasteiger partial charge in [-0.15, -0.1) is 12.4 Å². The van der Waals surface area contributed by atoms with Crippen molar-refractivity contribution in [1.82, 2.24) is 20.0 Å². The first-order chi connectivity index (χ1) is 10.8. The number of carbonyl (C=O) groups is 1. The minimum atomic E-state index is -0.469. The number of halogens is 1. The Hall–Kier alpha value is -1.07. The Balaban J connectivity index is 0.00000192. The number of likely N-dealkylation sites (tertiary alicyclic amines) is 1. The molecule has 1 atom stereocenters. The summed E-state index contributed by atoms with van der Waals surface area (Å²) in [5, 5.41) is 7.80. The third-order valence-electron chi connectivity index (χ3n) is 5.27. The fraction of sp³-hybridized carbons (Fsp3) is 0.765. The highest BCUT2D eigenvalue weighted by Crippen LogP contribution is 2.32. The summed E-state index contributed by atoms with van der Waals surface area (Å²) in [5.74, 6) is 0.970. The quantitative estimate of drug-likeness (QED) is 0.915. The third-order valence-corrected chi connectivity index (χ3v) is 5.27. The second kappa shape index (κ2) is 8.15.